The molecule has 2 aliphatic heterocycles. The van der Waals surface area contributed by atoms with Crippen LogP contribution in [0.25, 0.3) is 0 Å². The molecule has 12 nitrogen and oxygen atoms in total. The molecule has 4 saturated carbocycles. The monoisotopic (exact) mass is 576 g/mol. The number of aliphatic hydroxyl groups is 7. The molecule has 2 saturated heterocycles. The lowest BCUT2D eigenvalue weighted by molar-refractivity contribution is -0.362. The second kappa shape index (κ2) is 12.6. The van der Waals surface area contributed by atoms with Crippen molar-refractivity contribution in [2.75, 3.05) is 19.8 Å². The van der Waals surface area contributed by atoms with Gasteiger partial charge in [0, 0.05) is 6.61 Å². The highest BCUT2D eigenvalue weighted by molar-refractivity contribution is 5.03. The van der Waals surface area contributed by atoms with E-state index in [0.717, 1.165) is 17.8 Å². The number of ether oxygens (including phenoxy) is 5. The van der Waals surface area contributed by atoms with Crippen LogP contribution in [0.2, 0.25) is 0 Å². The Bertz CT molecular complexity index is 790. The summed E-state index contributed by atoms with van der Waals surface area (Å²) >= 11 is 0. The van der Waals surface area contributed by atoms with Crippen molar-refractivity contribution in [2.45, 2.75) is 132 Å². The SMILES string of the molecule is CC(COC12CC3CC(CC(C3)C1)C2)CC(C)OC1OC(CO)C(OC2OC(CO)C(O)C(O)C2O)C(O)C1O. The molecule has 0 aromatic heterocycles. The summed E-state index contributed by atoms with van der Waals surface area (Å²) in [6.07, 6.45) is -6.72. The first-order valence-corrected chi connectivity index (χ1v) is 14.9. The molecule has 4 aliphatic carbocycles. The number of aliphatic hydroxyl groups excluding tert-OH is 7. The van der Waals surface area contributed by atoms with Gasteiger partial charge in [0.25, 0.3) is 0 Å². The topological polar surface area (TPSA) is 188 Å². The van der Waals surface area contributed by atoms with Crippen LogP contribution in [0.3, 0.4) is 0 Å². The molecule has 0 radical (unpaired) electrons. The normalized spacial score (nSPS) is 50.2. The maximum Gasteiger partial charge on any atom is 0.187 e. The van der Waals surface area contributed by atoms with Crippen molar-refractivity contribution in [1.29, 1.82) is 0 Å². The molecule has 0 aromatic rings. The summed E-state index contributed by atoms with van der Waals surface area (Å²) in [5.74, 6) is 2.64. The molecule has 0 spiro atoms. The molecule has 232 valence electrons. The highest BCUT2D eigenvalue weighted by Gasteiger charge is 2.53. The zero-order valence-electron chi connectivity index (χ0n) is 23.4. The van der Waals surface area contributed by atoms with E-state index >= 15 is 0 Å². The Labute approximate surface area is 235 Å². The summed E-state index contributed by atoms with van der Waals surface area (Å²) in [4.78, 5) is 0. The van der Waals surface area contributed by atoms with Crippen molar-refractivity contribution >= 4 is 0 Å². The molecular formula is C28H48O12. The average Bonchev–Trinajstić information content (AvgIpc) is 2.91. The van der Waals surface area contributed by atoms with Gasteiger partial charge in [-0.1, -0.05) is 6.92 Å². The summed E-state index contributed by atoms with van der Waals surface area (Å²) in [7, 11) is 0. The molecule has 4 bridgehead atoms. The summed E-state index contributed by atoms with van der Waals surface area (Å²) in [6, 6.07) is 0. The lowest BCUT2D eigenvalue weighted by Crippen LogP contribution is -2.64. The molecule has 40 heavy (non-hydrogen) atoms. The fourth-order valence-corrected chi connectivity index (χ4v) is 8.11. The highest BCUT2D eigenvalue weighted by atomic mass is 16.7. The van der Waals surface area contributed by atoms with Gasteiger partial charge in [0.1, 0.15) is 48.8 Å². The van der Waals surface area contributed by atoms with Crippen molar-refractivity contribution in [3.05, 3.63) is 0 Å². The summed E-state index contributed by atoms with van der Waals surface area (Å²) in [5, 5.41) is 71.2. The van der Waals surface area contributed by atoms with Crippen molar-refractivity contribution < 1.29 is 59.4 Å². The second-order valence-electron chi connectivity index (χ2n) is 13.2. The minimum absolute atomic E-state index is 0.0319. The number of hydrogen-bond acceptors (Lipinski definition) is 12. The van der Waals surface area contributed by atoms with Gasteiger partial charge in [0.2, 0.25) is 0 Å². The predicted molar refractivity (Wildman–Crippen MR) is 138 cm³/mol. The van der Waals surface area contributed by atoms with Gasteiger partial charge in [-0.05, 0) is 75.5 Å². The van der Waals surface area contributed by atoms with Gasteiger partial charge in [-0.15, -0.1) is 0 Å². The van der Waals surface area contributed by atoms with E-state index < -0.39 is 74.6 Å². The zero-order valence-corrected chi connectivity index (χ0v) is 23.4. The van der Waals surface area contributed by atoms with Crippen LogP contribution in [-0.4, -0.2) is 129 Å². The molecule has 12 unspecified atom stereocenters. The van der Waals surface area contributed by atoms with Gasteiger partial charge < -0.3 is 59.4 Å². The Balaban J connectivity index is 1.11. The Morgan fingerprint density at radius 1 is 0.725 bits per heavy atom. The first-order chi connectivity index (χ1) is 19.0. The minimum atomic E-state index is -1.71. The van der Waals surface area contributed by atoms with Gasteiger partial charge in [-0.3, -0.25) is 0 Å². The molecular weight excluding hydrogens is 528 g/mol. The third kappa shape index (κ3) is 6.39. The van der Waals surface area contributed by atoms with Crippen LogP contribution >= 0.6 is 0 Å². The van der Waals surface area contributed by atoms with Crippen molar-refractivity contribution in [1.82, 2.24) is 0 Å². The summed E-state index contributed by atoms with van der Waals surface area (Å²) < 4.78 is 29.2. The van der Waals surface area contributed by atoms with E-state index in [9.17, 15) is 35.7 Å². The fraction of sp³-hybridized carbons (Fsp3) is 1.00. The lowest BCUT2D eigenvalue weighted by atomic mass is 9.54. The van der Waals surface area contributed by atoms with E-state index in [0.29, 0.717) is 13.0 Å². The molecule has 6 fully saturated rings. The smallest absolute Gasteiger partial charge is 0.187 e. The highest BCUT2D eigenvalue weighted by Crippen LogP contribution is 2.57. The first-order valence-electron chi connectivity index (χ1n) is 14.9. The van der Waals surface area contributed by atoms with Gasteiger partial charge in [0.15, 0.2) is 12.6 Å². The van der Waals surface area contributed by atoms with Crippen molar-refractivity contribution in [3.63, 3.8) is 0 Å². The fourth-order valence-electron chi connectivity index (χ4n) is 8.11. The molecule has 2 heterocycles. The molecule has 6 aliphatic rings. The zero-order chi connectivity index (χ0) is 28.8. The van der Waals surface area contributed by atoms with Gasteiger partial charge in [0.05, 0.1) is 24.9 Å². The lowest BCUT2D eigenvalue weighted by Gasteiger charge is -2.56. The molecule has 6 rings (SSSR count). The summed E-state index contributed by atoms with van der Waals surface area (Å²) in [5.41, 5.74) is 0.0319. The van der Waals surface area contributed by atoms with E-state index in [4.69, 9.17) is 23.7 Å². The van der Waals surface area contributed by atoms with Crippen LogP contribution in [0.1, 0.15) is 58.8 Å². The van der Waals surface area contributed by atoms with Gasteiger partial charge in [-0.25, -0.2) is 0 Å². The average molecular weight is 577 g/mol. The van der Waals surface area contributed by atoms with E-state index in [1.165, 1.54) is 38.5 Å². The van der Waals surface area contributed by atoms with Crippen molar-refractivity contribution in [2.24, 2.45) is 23.7 Å². The molecule has 7 N–H and O–H groups in total. The quantitative estimate of drug-likeness (QED) is 0.160. The minimum Gasteiger partial charge on any atom is -0.394 e. The van der Waals surface area contributed by atoms with Crippen LogP contribution in [0, 0.1) is 23.7 Å². The van der Waals surface area contributed by atoms with Gasteiger partial charge in [-0.2, -0.15) is 0 Å². The summed E-state index contributed by atoms with van der Waals surface area (Å²) in [6.45, 7) is 3.34. The number of hydrogen-bond donors (Lipinski definition) is 7. The Morgan fingerprint density at radius 2 is 1.27 bits per heavy atom. The van der Waals surface area contributed by atoms with Crippen LogP contribution in [-0.2, 0) is 23.7 Å². The van der Waals surface area contributed by atoms with Crippen LogP contribution in [0.15, 0.2) is 0 Å². The van der Waals surface area contributed by atoms with E-state index in [2.05, 4.69) is 6.92 Å². The molecule has 0 aromatic carbocycles. The molecule has 0 amide bonds. The van der Waals surface area contributed by atoms with Crippen molar-refractivity contribution in [3.8, 4) is 0 Å². The van der Waals surface area contributed by atoms with E-state index in [-0.39, 0.29) is 17.6 Å². The number of rotatable bonds is 11. The largest absolute Gasteiger partial charge is 0.394 e. The molecule has 12 atom stereocenters. The van der Waals surface area contributed by atoms with Gasteiger partial charge >= 0.3 is 0 Å². The van der Waals surface area contributed by atoms with Crippen LogP contribution in [0.4, 0.5) is 0 Å². The van der Waals surface area contributed by atoms with Crippen LogP contribution < -0.4 is 0 Å². The maximum atomic E-state index is 10.8. The molecule has 12 heteroatoms. The Hall–Kier alpha value is -0.480. The standard InChI is InChI=1S/C28H48O12/c1-13(12-36-28-7-15-4-16(8-28)6-17(5-15)9-28)3-14(2)37-26-24(35)22(33)25(19(11-30)39-26)40-27-23(34)21(32)20(31)18(10-29)38-27/h13-27,29-35H,3-12H2,1-2H3. The third-order valence-electron chi connectivity index (χ3n) is 9.72. The third-order valence-corrected chi connectivity index (χ3v) is 9.72. The van der Waals surface area contributed by atoms with E-state index in [1.54, 1.807) is 0 Å². The van der Waals surface area contributed by atoms with Crippen LogP contribution in [0.5, 0.6) is 0 Å². The Morgan fingerprint density at radius 3 is 1.85 bits per heavy atom. The second-order valence-corrected chi connectivity index (χ2v) is 13.2. The first kappa shape index (κ1) is 31.0. The maximum absolute atomic E-state index is 10.8. The Kier molecular flexibility index (Phi) is 9.78. The predicted octanol–water partition coefficient (Wildman–Crippen LogP) is -0.973. The van der Waals surface area contributed by atoms with E-state index in [1.807, 2.05) is 6.92 Å².